The maximum absolute atomic E-state index is 13.1. The van der Waals surface area contributed by atoms with Gasteiger partial charge in [-0.25, -0.2) is 9.13 Å². The van der Waals surface area contributed by atoms with Crippen LogP contribution in [-0.2, 0) is 65.4 Å². The third-order valence-corrected chi connectivity index (χ3v) is 21.3. The molecule has 3 N–H and O–H groups in total. The summed E-state index contributed by atoms with van der Waals surface area (Å²) in [4.78, 5) is 73.0. The van der Waals surface area contributed by atoms with Gasteiger partial charge in [0.2, 0.25) is 0 Å². The highest BCUT2D eigenvalue weighted by Crippen LogP contribution is 2.45. The Morgan fingerprint density at radius 2 is 0.475 bits per heavy atom. The van der Waals surface area contributed by atoms with Crippen molar-refractivity contribution in [3.8, 4) is 0 Å². The van der Waals surface area contributed by atoms with Crippen molar-refractivity contribution in [3.05, 3.63) is 0 Å². The van der Waals surface area contributed by atoms with E-state index in [9.17, 15) is 43.2 Å². The minimum Gasteiger partial charge on any atom is -0.462 e. The van der Waals surface area contributed by atoms with Gasteiger partial charge in [0.15, 0.2) is 12.2 Å². The molecule has 0 fully saturated rings. The lowest BCUT2D eigenvalue weighted by Crippen LogP contribution is -2.30. The van der Waals surface area contributed by atoms with Crippen LogP contribution in [0.4, 0.5) is 0 Å². The van der Waals surface area contributed by atoms with E-state index in [-0.39, 0.29) is 25.7 Å². The van der Waals surface area contributed by atoms with E-state index >= 15 is 0 Å². The van der Waals surface area contributed by atoms with Gasteiger partial charge in [0, 0.05) is 25.7 Å². The van der Waals surface area contributed by atoms with Crippen LogP contribution in [0.3, 0.4) is 0 Å². The van der Waals surface area contributed by atoms with Gasteiger partial charge >= 0.3 is 39.5 Å². The van der Waals surface area contributed by atoms with Gasteiger partial charge in [0.25, 0.3) is 0 Å². The number of rotatable bonds is 79. The zero-order valence-electron chi connectivity index (χ0n) is 66.5. The van der Waals surface area contributed by atoms with E-state index in [1.807, 2.05) is 0 Å². The maximum atomic E-state index is 13.1. The lowest BCUT2D eigenvalue weighted by atomic mass is 9.99. The SMILES string of the molecule is CCC(C)CCCCCCCCCCCCCCCCC(=O)O[C@H](COC(=O)CCCCCCCCC(C)C)COP(=O)(O)OC[C@H](O)COP(=O)(O)OC[C@@H](COC(=O)CCCCCCCCCCCCCCCCCC(C)C)OC(=O)CCCCCCCCCCCCCCCC(C)C. The summed E-state index contributed by atoms with van der Waals surface area (Å²) in [5, 5.41) is 10.6. The highest BCUT2D eigenvalue weighted by molar-refractivity contribution is 7.47. The number of carbonyl (C=O) groups excluding carboxylic acids is 4. The Hall–Kier alpha value is -1.94. The largest absolute Gasteiger partial charge is 0.472 e. The fourth-order valence-electron chi connectivity index (χ4n) is 12.6. The van der Waals surface area contributed by atoms with Crippen LogP contribution in [0.2, 0.25) is 0 Å². The Balaban J connectivity index is 5.22. The van der Waals surface area contributed by atoms with Gasteiger partial charge in [-0.05, 0) is 49.4 Å². The average Bonchev–Trinajstić information content (AvgIpc) is 0.931. The standard InChI is InChI=1S/C82H160O17P2/c1-9-75(8)61-53-45-36-30-24-18-13-14-20-26-32-38-48-56-64-82(87)99-78(69-93-80(85)63-55-47-41-40-44-52-60-74(6)7)71-97-101(90,91)95-67-76(83)66-94-100(88,89)96-70-77(98-81(86)65-57-49-39-33-27-21-15-17-23-29-35-43-51-59-73(4)5)68-92-79(84)62-54-46-37-31-25-19-12-10-11-16-22-28-34-42-50-58-72(2)3/h72-78,83H,9-71H2,1-8H3,(H,88,89)(H,90,91)/t75?,76-,77-,78-/m1/s1. The second-order valence-corrected chi connectivity index (χ2v) is 34.1. The predicted octanol–water partition coefficient (Wildman–Crippen LogP) is 24.4. The number of ether oxygens (including phenoxy) is 4. The summed E-state index contributed by atoms with van der Waals surface area (Å²) in [5.74, 6) is 1.00. The smallest absolute Gasteiger partial charge is 0.462 e. The second-order valence-electron chi connectivity index (χ2n) is 31.2. The lowest BCUT2D eigenvalue weighted by molar-refractivity contribution is -0.161. The number of hydrogen-bond donors (Lipinski definition) is 3. The molecule has 0 aromatic rings. The summed E-state index contributed by atoms with van der Waals surface area (Å²) >= 11 is 0. The summed E-state index contributed by atoms with van der Waals surface area (Å²) in [6.07, 6.45) is 58.4. The van der Waals surface area contributed by atoms with Gasteiger partial charge in [0.1, 0.15) is 19.3 Å². The number of carbonyl (C=O) groups is 4. The van der Waals surface area contributed by atoms with Crippen molar-refractivity contribution in [2.75, 3.05) is 39.6 Å². The monoisotopic (exact) mass is 1480 g/mol. The molecule has 0 bridgehead atoms. The summed E-state index contributed by atoms with van der Waals surface area (Å²) in [6.45, 7) is 14.3. The van der Waals surface area contributed by atoms with Crippen molar-refractivity contribution in [3.63, 3.8) is 0 Å². The van der Waals surface area contributed by atoms with Crippen molar-refractivity contribution in [2.24, 2.45) is 23.7 Å². The molecule has 0 amide bonds. The fraction of sp³-hybridized carbons (Fsp3) is 0.951. The van der Waals surface area contributed by atoms with Crippen LogP contribution < -0.4 is 0 Å². The molecule has 6 atom stereocenters. The van der Waals surface area contributed by atoms with E-state index in [0.717, 1.165) is 114 Å². The highest BCUT2D eigenvalue weighted by Gasteiger charge is 2.30. The number of aliphatic hydroxyl groups excluding tert-OH is 1. The van der Waals surface area contributed by atoms with Gasteiger partial charge in [-0.2, -0.15) is 0 Å². The minimum absolute atomic E-state index is 0.106. The first-order valence-electron chi connectivity index (χ1n) is 42.2. The zero-order valence-corrected chi connectivity index (χ0v) is 68.3. The molecule has 0 radical (unpaired) electrons. The fourth-order valence-corrected chi connectivity index (χ4v) is 14.2. The van der Waals surface area contributed by atoms with E-state index in [1.54, 1.807) is 0 Å². The number of esters is 4. The van der Waals surface area contributed by atoms with E-state index < -0.39 is 97.5 Å². The van der Waals surface area contributed by atoms with Crippen molar-refractivity contribution < 1.29 is 80.2 Å². The maximum Gasteiger partial charge on any atom is 0.472 e. The molecule has 17 nitrogen and oxygen atoms in total. The first-order valence-corrected chi connectivity index (χ1v) is 45.2. The normalized spacial score (nSPS) is 14.3. The molecule has 3 unspecified atom stereocenters. The molecule has 0 heterocycles. The average molecular weight is 1480 g/mol. The lowest BCUT2D eigenvalue weighted by Gasteiger charge is -2.21. The molecule has 600 valence electrons. The van der Waals surface area contributed by atoms with Crippen molar-refractivity contribution in [2.45, 2.75) is 440 Å². The van der Waals surface area contributed by atoms with Gasteiger partial charge in [0.05, 0.1) is 26.4 Å². The van der Waals surface area contributed by atoms with Crippen LogP contribution in [0, 0.1) is 23.7 Å². The Morgan fingerprint density at radius 1 is 0.277 bits per heavy atom. The van der Waals surface area contributed by atoms with Crippen LogP contribution in [0.25, 0.3) is 0 Å². The number of hydrogen-bond acceptors (Lipinski definition) is 15. The number of aliphatic hydroxyl groups is 1. The van der Waals surface area contributed by atoms with Gasteiger partial charge in [-0.3, -0.25) is 37.3 Å². The Bertz CT molecular complexity index is 1970. The van der Waals surface area contributed by atoms with Crippen LogP contribution >= 0.6 is 15.6 Å². The van der Waals surface area contributed by atoms with Crippen molar-refractivity contribution >= 4 is 39.5 Å². The van der Waals surface area contributed by atoms with Gasteiger partial charge < -0.3 is 33.8 Å². The van der Waals surface area contributed by atoms with E-state index in [0.29, 0.717) is 31.6 Å². The van der Waals surface area contributed by atoms with Crippen LogP contribution in [0.5, 0.6) is 0 Å². The predicted molar refractivity (Wildman–Crippen MR) is 414 cm³/mol. The van der Waals surface area contributed by atoms with Crippen LogP contribution in [0.1, 0.15) is 421 Å². The first-order chi connectivity index (χ1) is 48.6. The molecule has 0 rings (SSSR count). The Kier molecular flexibility index (Phi) is 69.6. The third-order valence-electron chi connectivity index (χ3n) is 19.4. The molecule has 0 spiro atoms. The summed E-state index contributed by atoms with van der Waals surface area (Å²) < 4.78 is 68.7. The minimum atomic E-state index is -4.96. The van der Waals surface area contributed by atoms with E-state index in [1.165, 1.54) is 218 Å². The summed E-state index contributed by atoms with van der Waals surface area (Å²) in [7, 11) is -9.92. The summed E-state index contributed by atoms with van der Waals surface area (Å²) in [5.41, 5.74) is 0. The first kappa shape index (κ1) is 99.1. The molecule has 0 saturated carbocycles. The van der Waals surface area contributed by atoms with Crippen molar-refractivity contribution in [1.82, 2.24) is 0 Å². The molecular formula is C82H160O17P2. The van der Waals surface area contributed by atoms with Crippen molar-refractivity contribution in [1.29, 1.82) is 0 Å². The summed E-state index contributed by atoms with van der Waals surface area (Å²) in [6, 6.07) is 0. The van der Waals surface area contributed by atoms with Crippen LogP contribution in [-0.4, -0.2) is 96.7 Å². The van der Waals surface area contributed by atoms with E-state index in [2.05, 4.69) is 55.4 Å². The molecule has 19 heteroatoms. The number of phosphoric acid groups is 2. The Morgan fingerprint density at radius 3 is 0.703 bits per heavy atom. The third kappa shape index (κ3) is 74.7. The number of phosphoric ester groups is 2. The molecule has 0 aliphatic carbocycles. The Labute approximate surface area is 619 Å². The molecular weight excluding hydrogens is 1320 g/mol. The molecule has 0 aromatic heterocycles. The number of unbranched alkanes of at least 4 members (excludes halogenated alkanes) is 44. The van der Waals surface area contributed by atoms with Gasteiger partial charge in [-0.1, -0.05) is 370 Å². The van der Waals surface area contributed by atoms with E-state index in [4.69, 9.17) is 37.0 Å². The zero-order chi connectivity index (χ0) is 74.6. The quantitative estimate of drug-likeness (QED) is 0.0222. The topological polar surface area (TPSA) is 237 Å². The molecule has 0 aromatic carbocycles. The van der Waals surface area contributed by atoms with Gasteiger partial charge in [-0.15, -0.1) is 0 Å². The molecule has 0 aliphatic rings. The molecule has 0 saturated heterocycles. The second kappa shape index (κ2) is 71.0. The molecule has 101 heavy (non-hydrogen) atoms. The van der Waals surface area contributed by atoms with Crippen LogP contribution in [0.15, 0.2) is 0 Å². The highest BCUT2D eigenvalue weighted by atomic mass is 31.2. The molecule has 0 aliphatic heterocycles.